The molecule has 0 saturated carbocycles. The van der Waals surface area contributed by atoms with Crippen LogP contribution < -0.4 is 15.6 Å². The number of halogens is 3. The Morgan fingerprint density at radius 2 is 1.65 bits per heavy atom. The normalized spacial score (nSPS) is 16.0. The number of nitrogens with zero attached hydrogens (tertiary/aromatic N) is 4. The minimum Gasteiger partial charge on any atom is -0.315 e. The molecule has 226 valence electrons. The van der Waals surface area contributed by atoms with Crippen LogP contribution in [-0.2, 0) is 4.79 Å². The third-order valence-electron chi connectivity index (χ3n) is 6.92. The van der Waals surface area contributed by atoms with Gasteiger partial charge in [0.2, 0.25) is 5.91 Å². The molecule has 1 aliphatic heterocycles. The van der Waals surface area contributed by atoms with E-state index in [9.17, 15) is 19.6 Å². The quantitative estimate of drug-likeness (QED) is 0.0933. The highest BCUT2D eigenvalue weighted by Crippen LogP contribution is 2.39. The number of carbonyl (C=O) groups is 3. The molecule has 5 amide bonds. The molecule has 13 heteroatoms. The van der Waals surface area contributed by atoms with E-state index >= 15 is 0 Å². The van der Waals surface area contributed by atoms with Gasteiger partial charge >= 0.3 is 12.1 Å². The van der Waals surface area contributed by atoms with E-state index in [4.69, 9.17) is 34.8 Å². The molecule has 0 bridgehead atoms. The van der Waals surface area contributed by atoms with Crippen LogP contribution in [0, 0.1) is 0 Å². The molecular formula is C30H31Cl3N6O4. The van der Waals surface area contributed by atoms with Crippen LogP contribution in [-0.4, -0.2) is 57.6 Å². The SMILES string of the molecule is CC1(C)C(N(O)C(=O)Nc2cccc(Cl)c2)N(c2cccc(Cl)c2)C(=O)N1CCCCC(=O)N/N=C\c1ccc(Cl)cc1. The van der Waals surface area contributed by atoms with Crippen molar-refractivity contribution in [3.05, 3.63) is 93.4 Å². The number of rotatable bonds is 10. The number of hydrogen-bond acceptors (Lipinski definition) is 5. The molecule has 0 spiro atoms. The van der Waals surface area contributed by atoms with Gasteiger partial charge in [0.25, 0.3) is 0 Å². The number of nitrogens with one attached hydrogen (secondary N) is 2. The number of hydrogen-bond donors (Lipinski definition) is 3. The van der Waals surface area contributed by atoms with Crippen molar-refractivity contribution in [1.82, 2.24) is 15.4 Å². The van der Waals surface area contributed by atoms with Gasteiger partial charge in [0, 0.05) is 39.4 Å². The molecule has 1 unspecified atom stereocenters. The van der Waals surface area contributed by atoms with Gasteiger partial charge in [-0.05, 0) is 80.8 Å². The predicted octanol–water partition coefficient (Wildman–Crippen LogP) is 7.24. The van der Waals surface area contributed by atoms with Crippen molar-refractivity contribution in [2.75, 3.05) is 16.8 Å². The van der Waals surface area contributed by atoms with E-state index in [1.165, 1.54) is 11.1 Å². The Kier molecular flexibility index (Phi) is 10.5. The van der Waals surface area contributed by atoms with E-state index in [1.54, 1.807) is 91.5 Å². The van der Waals surface area contributed by atoms with E-state index in [0.717, 1.165) is 5.56 Å². The smallest absolute Gasteiger partial charge is 0.315 e. The minimum absolute atomic E-state index is 0.190. The average Bonchev–Trinajstić information content (AvgIpc) is 3.16. The summed E-state index contributed by atoms with van der Waals surface area (Å²) < 4.78 is 0. The summed E-state index contributed by atoms with van der Waals surface area (Å²) in [5.74, 6) is -0.269. The van der Waals surface area contributed by atoms with Crippen molar-refractivity contribution in [1.29, 1.82) is 0 Å². The number of hydroxylamine groups is 2. The van der Waals surface area contributed by atoms with Crippen molar-refractivity contribution < 1.29 is 19.6 Å². The molecule has 10 nitrogen and oxygen atoms in total. The molecular weight excluding hydrogens is 615 g/mol. The first-order chi connectivity index (χ1) is 20.5. The van der Waals surface area contributed by atoms with E-state index in [2.05, 4.69) is 15.8 Å². The van der Waals surface area contributed by atoms with Gasteiger partial charge in [0.1, 0.15) is 0 Å². The van der Waals surface area contributed by atoms with Crippen molar-refractivity contribution in [2.24, 2.45) is 5.10 Å². The average molecular weight is 646 g/mol. The van der Waals surface area contributed by atoms with Gasteiger partial charge in [-0.3, -0.25) is 14.9 Å². The van der Waals surface area contributed by atoms with Gasteiger partial charge in [-0.1, -0.05) is 59.1 Å². The number of benzene rings is 3. The third-order valence-corrected chi connectivity index (χ3v) is 7.64. The van der Waals surface area contributed by atoms with Crippen LogP contribution in [0.2, 0.25) is 15.1 Å². The summed E-state index contributed by atoms with van der Waals surface area (Å²) in [7, 11) is 0. The highest BCUT2D eigenvalue weighted by atomic mass is 35.5. The highest BCUT2D eigenvalue weighted by molar-refractivity contribution is 6.31. The summed E-state index contributed by atoms with van der Waals surface area (Å²) in [6.45, 7) is 3.78. The van der Waals surface area contributed by atoms with E-state index in [0.29, 0.717) is 44.3 Å². The number of hydrazone groups is 1. The fourth-order valence-corrected chi connectivity index (χ4v) is 5.30. The molecule has 1 fully saturated rings. The van der Waals surface area contributed by atoms with Gasteiger partial charge in [0.05, 0.1) is 11.8 Å². The lowest BCUT2D eigenvalue weighted by Crippen LogP contribution is -2.58. The summed E-state index contributed by atoms with van der Waals surface area (Å²) in [5, 5.41) is 19.7. The number of amides is 5. The Morgan fingerprint density at radius 3 is 2.33 bits per heavy atom. The summed E-state index contributed by atoms with van der Waals surface area (Å²) >= 11 is 18.1. The summed E-state index contributed by atoms with van der Waals surface area (Å²) in [4.78, 5) is 42.2. The zero-order chi connectivity index (χ0) is 31.1. The number of urea groups is 2. The number of anilines is 2. The molecule has 1 heterocycles. The largest absolute Gasteiger partial charge is 0.347 e. The Bertz CT molecular complexity index is 1500. The third kappa shape index (κ3) is 7.97. The highest BCUT2D eigenvalue weighted by Gasteiger charge is 2.55. The van der Waals surface area contributed by atoms with Crippen LogP contribution >= 0.6 is 34.8 Å². The Morgan fingerprint density at radius 1 is 0.977 bits per heavy atom. The van der Waals surface area contributed by atoms with Gasteiger partial charge in [0.15, 0.2) is 6.17 Å². The maximum Gasteiger partial charge on any atom is 0.347 e. The van der Waals surface area contributed by atoms with Crippen LogP contribution in [0.25, 0.3) is 0 Å². The van der Waals surface area contributed by atoms with Crippen molar-refractivity contribution >= 4 is 70.4 Å². The monoisotopic (exact) mass is 644 g/mol. The Labute approximate surface area is 264 Å². The van der Waals surface area contributed by atoms with E-state index in [1.807, 2.05) is 0 Å². The minimum atomic E-state index is -1.12. The van der Waals surface area contributed by atoms with Gasteiger partial charge in [-0.15, -0.1) is 0 Å². The molecule has 4 rings (SSSR count). The molecule has 0 aromatic heterocycles. The second-order valence-electron chi connectivity index (χ2n) is 10.4. The van der Waals surface area contributed by atoms with E-state index in [-0.39, 0.29) is 18.9 Å². The second-order valence-corrected chi connectivity index (χ2v) is 11.7. The molecule has 1 atom stereocenters. The lowest BCUT2D eigenvalue weighted by molar-refractivity contribution is -0.121. The zero-order valence-corrected chi connectivity index (χ0v) is 25.8. The summed E-state index contributed by atoms with van der Waals surface area (Å²) in [6.07, 6.45) is 1.55. The standard InChI is InChI=1S/C30H31Cl3N6O4/c1-30(2)27(39(43)28(41)35-24-9-5-7-22(32)17-24)38(25-10-6-8-23(33)18-25)29(42)37(30)16-4-3-11-26(40)36-34-19-20-12-14-21(31)15-13-20/h5-10,12-15,17-19,27,43H,3-4,11,16H2,1-2H3,(H,35,41)(H,36,40)/b34-19-. The Hall–Kier alpha value is -3.83. The maximum atomic E-state index is 13.8. The summed E-state index contributed by atoms with van der Waals surface area (Å²) in [5.41, 5.74) is 3.02. The second kappa shape index (κ2) is 14.1. The fraction of sp³-hybridized carbons (Fsp3) is 0.267. The van der Waals surface area contributed by atoms with Crippen LogP contribution in [0.4, 0.5) is 21.0 Å². The lowest BCUT2D eigenvalue weighted by atomic mass is 9.99. The number of carbonyl (C=O) groups excluding carboxylic acids is 3. The first-order valence-corrected chi connectivity index (χ1v) is 14.6. The van der Waals surface area contributed by atoms with Crippen LogP contribution in [0.1, 0.15) is 38.7 Å². The topological polar surface area (TPSA) is 118 Å². The molecule has 1 aliphatic rings. The fourth-order valence-electron chi connectivity index (χ4n) is 4.80. The van der Waals surface area contributed by atoms with Gasteiger partial charge in [-0.25, -0.2) is 15.0 Å². The van der Waals surface area contributed by atoms with Gasteiger partial charge < -0.3 is 10.2 Å². The molecule has 1 saturated heterocycles. The molecule has 3 aromatic carbocycles. The van der Waals surface area contributed by atoms with Crippen LogP contribution in [0.3, 0.4) is 0 Å². The molecule has 0 radical (unpaired) electrons. The molecule has 3 aromatic rings. The van der Waals surface area contributed by atoms with Crippen molar-refractivity contribution in [2.45, 2.75) is 44.8 Å². The van der Waals surface area contributed by atoms with Crippen LogP contribution in [0.15, 0.2) is 77.9 Å². The molecule has 0 aliphatic carbocycles. The Balaban J connectivity index is 1.43. The predicted molar refractivity (Wildman–Crippen MR) is 169 cm³/mol. The number of unbranched alkanes of at least 4 members (excludes halogenated alkanes) is 1. The first kappa shape index (κ1) is 32.1. The maximum absolute atomic E-state index is 13.8. The summed E-state index contributed by atoms with van der Waals surface area (Å²) in [6, 6.07) is 18.8. The van der Waals surface area contributed by atoms with Gasteiger partial charge in [-0.2, -0.15) is 10.2 Å². The van der Waals surface area contributed by atoms with Crippen molar-refractivity contribution in [3.63, 3.8) is 0 Å². The molecule has 43 heavy (non-hydrogen) atoms. The lowest BCUT2D eigenvalue weighted by Gasteiger charge is -2.38. The first-order valence-electron chi connectivity index (χ1n) is 13.5. The van der Waals surface area contributed by atoms with Crippen molar-refractivity contribution in [3.8, 4) is 0 Å². The zero-order valence-electron chi connectivity index (χ0n) is 23.5. The molecule has 3 N–H and O–H groups in total. The van der Waals surface area contributed by atoms with Crippen LogP contribution in [0.5, 0.6) is 0 Å². The van der Waals surface area contributed by atoms with E-state index < -0.39 is 23.8 Å².